The Hall–Kier alpha value is -2.16. The van der Waals surface area contributed by atoms with Crippen molar-refractivity contribution in [3.05, 3.63) is 0 Å². The normalized spacial score (nSPS) is 6.50. The van der Waals surface area contributed by atoms with E-state index in [1.54, 1.807) is 0 Å². The molecule has 9 nitrogen and oxygen atoms in total. The predicted molar refractivity (Wildman–Crippen MR) is 72.6 cm³/mol. The third kappa shape index (κ3) is 2590. The Morgan fingerprint density at radius 1 is 0.700 bits per heavy atom. The van der Waals surface area contributed by atoms with Crippen molar-refractivity contribution in [2.45, 2.75) is 41.0 Å². The molecule has 6 N–H and O–H groups in total. The quantitative estimate of drug-likeness (QED) is 0.466. The first-order valence-electron chi connectivity index (χ1n) is 5.33. The van der Waals surface area contributed by atoms with Crippen molar-refractivity contribution in [1.82, 2.24) is 0 Å². The van der Waals surface area contributed by atoms with Crippen molar-refractivity contribution < 1.29 is 39.6 Å². The van der Waals surface area contributed by atoms with Gasteiger partial charge in [-0.25, -0.2) is 0 Å². The summed E-state index contributed by atoms with van der Waals surface area (Å²) in [5.41, 5.74) is 5.03. The number of rotatable bonds is 1. The molecule has 0 saturated carbocycles. The van der Waals surface area contributed by atoms with Crippen molar-refractivity contribution in [3.63, 3.8) is 0 Å². The molecule has 0 rings (SSSR count). The molecule has 0 aliphatic carbocycles. The number of carboxylic acid groups (broad SMARTS) is 4. The van der Waals surface area contributed by atoms with E-state index in [4.69, 9.17) is 45.3 Å². The fourth-order valence-electron chi connectivity index (χ4n) is 0. The lowest BCUT2D eigenvalue weighted by atomic mass is 10.5. The van der Waals surface area contributed by atoms with Gasteiger partial charge < -0.3 is 26.2 Å². The predicted octanol–water partition coefficient (Wildman–Crippen LogP) is 0.719. The van der Waals surface area contributed by atoms with E-state index >= 15 is 0 Å². The van der Waals surface area contributed by atoms with Gasteiger partial charge >= 0.3 is 0 Å². The van der Waals surface area contributed by atoms with E-state index in [1.165, 1.54) is 0 Å². The number of nitrogens with two attached hydrogens (primary N) is 1. The van der Waals surface area contributed by atoms with Crippen molar-refractivity contribution >= 4 is 23.9 Å². The highest BCUT2D eigenvalue weighted by Gasteiger charge is 1.66. The lowest BCUT2D eigenvalue weighted by Crippen LogP contribution is -1.93. The Balaban J connectivity index is -0.0000000469. The summed E-state index contributed by atoms with van der Waals surface area (Å²) in [5, 5.41) is 29.7. The van der Waals surface area contributed by atoms with Gasteiger partial charge in [0.2, 0.25) is 0 Å². The number of aliphatic carboxylic acids is 4. The Labute approximate surface area is 118 Å². The summed E-state index contributed by atoms with van der Waals surface area (Å²) >= 11 is 0. The van der Waals surface area contributed by atoms with Crippen molar-refractivity contribution in [2.24, 2.45) is 5.73 Å². The van der Waals surface area contributed by atoms with Crippen LogP contribution in [0.15, 0.2) is 0 Å². The molecule has 0 unspecified atom stereocenters. The van der Waals surface area contributed by atoms with Crippen LogP contribution >= 0.6 is 0 Å². The van der Waals surface area contributed by atoms with Crippen LogP contribution in [-0.4, -0.2) is 50.8 Å². The maximum absolute atomic E-state index is 9.00. The van der Waals surface area contributed by atoms with E-state index in [-0.39, 0.29) is 0 Å². The summed E-state index contributed by atoms with van der Waals surface area (Å²) in [6, 6.07) is 0. The molecule has 122 valence electrons. The molecule has 0 amide bonds. The van der Waals surface area contributed by atoms with Crippen molar-refractivity contribution in [2.75, 3.05) is 6.54 Å². The first-order chi connectivity index (χ1) is 8.84. The molecule has 0 heterocycles. The van der Waals surface area contributed by atoms with Gasteiger partial charge in [-0.3, -0.25) is 19.2 Å². The monoisotopic (exact) mass is 299 g/mol. The molecule has 0 aromatic heterocycles. The van der Waals surface area contributed by atoms with E-state index in [2.05, 4.69) is 6.92 Å². The summed E-state index contributed by atoms with van der Waals surface area (Å²) in [7, 11) is 0. The average Bonchev–Trinajstić information content (AvgIpc) is 2.13. The van der Waals surface area contributed by atoms with Gasteiger partial charge in [0.1, 0.15) is 0 Å². The van der Waals surface area contributed by atoms with Crippen LogP contribution in [-0.2, 0) is 19.2 Å². The molecular weight excluding hydrogens is 274 g/mol. The second-order valence-corrected chi connectivity index (χ2v) is 2.86. The zero-order valence-corrected chi connectivity index (χ0v) is 12.4. The standard InChI is InChI=1S/C3H9N.4C2H4O2/c1-2-3-4;4*1-2(3)4/h2-4H2,1H3;4*1H3,(H,3,4). The lowest BCUT2D eigenvalue weighted by Gasteiger charge is -1.70. The number of carbonyl (C=O) groups is 4. The fraction of sp³-hybridized carbons (Fsp3) is 0.636. The van der Waals surface area contributed by atoms with E-state index in [0.717, 1.165) is 40.7 Å². The Morgan fingerprint density at radius 3 is 0.750 bits per heavy atom. The highest BCUT2D eigenvalue weighted by Crippen LogP contribution is 1.57. The molecule has 9 heteroatoms. The van der Waals surface area contributed by atoms with Gasteiger partial charge in [-0.15, -0.1) is 0 Å². The third-order valence-electron chi connectivity index (χ3n) is 0.289. The van der Waals surface area contributed by atoms with Crippen LogP contribution in [0.25, 0.3) is 0 Å². The number of hydrogen-bond donors (Lipinski definition) is 5. The minimum atomic E-state index is -0.833. The van der Waals surface area contributed by atoms with E-state index in [9.17, 15) is 0 Å². The Kier molecular flexibility index (Phi) is 46.2. The molecule has 0 radical (unpaired) electrons. The smallest absolute Gasteiger partial charge is 0.300 e. The molecule has 0 saturated heterocycles. The summed E-state index contributed by atoms with van der Waals surface area (Å²) in [4.78, 5) is 36.0. The van der Waals surface area contributed by atoms with Gasteiger partial charge in [0.05, 0.1) is 0 Å². The van der Waals surface area contributed by atoms with Gasteiger partial charge in [0.15, 0.2) is 0 Å². The fourth-order valence-corrected chi connectivity index (χ4v) is 0. The minimum Gasteiger partial charge on any atom is -0.481 e. The molecule has 0 fully saturated rings. The SMILES string of the molecule is CC(=O)O.CC(=O)O.CC(=O)O.CC(=O)O.CCCN. The molecule has 0 aliphatic rings. The maximum atomic E-state index is 9.00. The first kappa shape index (κ1) is 30.7. The zero-order chi connectivity index (χ0) is 17.7. The molecule has 0 bridgehead atoms. The first-order valence-corrected chi connectivity index (χ1v) is 5.33. The van der Waals surface area contributed by atoms with Crippen LogP contribution in [0.5, 0.6) is 0 Å². The topological polar surface area (TPSA) is 175 Å². The molecule has 0 aliphatic heterocycles. The van der Waals surface area contributed by atoms with E-state index in [0.29, 0.717) is 0 Å². The van der Waals surface area contributed by atoms with Gasteiger partial charge in [-0.1, -0.05) is 6.92 Å². The lowest BCUT2D eigenvalue weighted by molar-refractivity contribution is -0.135. The highest BCUT2D eigenvalue weighted by molar-refractivity contribution is 5.63. The van der Waals surface area contributed by atoms with Crippen molar-refractivity contribution in [1.29, 1.82) is 0 Å². The summed E-state index contributed by atoms with van der Waals surface area (Å²) in [6.07, 6.45) is 1.10. The van der Waals surface area contributed by atoms with Crippen LogP contribution in [0.2, 0.25) is 0 Å². The molecular formula is C11H25NO8. The second-order valence-electron chi connectivity index (χ2n) is 2.86. The largest absolute Gasteiger partial charge is 0.481 e. The Morgan fingerprint density at radius 2 is 0.750 bits per heavy atom. The minimum absolute atomic E-state index is 0.819. The van der Waals surface area contributed by atoms with Gasteiger partial charge in [-0.2, -0.15) is 0 Å². The highest BCUT2D eigenvalue weighted by atomic mass is 16.4. The van der Waals surface area contributed by atoms with Crippen LogP contribution in [0, 0.1) is 0 Å². The van der Waals surface area contributed by atoms with E-state index in [1.807, 2.05) is 0 Å². The van der Waals surface area contributed by atoms with Gasteiger partial charge in [0.25, 0.3) is 23.9 Å². The number of carboxylic acids is 4. The average molecular weight is 299 g/mol. The molecule has 0 aromatic rings. The van der Waals surface area contributed by atoms with Gasteiger partial charge in [0, 0.05) is 27.7 Å². The zero-order valence-electron chi connectivity index (χ0n) is 12.4. The molecule has 0 spiro atoms. The summed E-state index contributed by atoms with van der Waals surface area (Å²) in [6.45, 7) is 7.21. The number of hydrogen-bond acceptors (Lipinski definition) is 5. The van der Waals surface area contributed by atoms with Crippen molar-refractivity contribution in [3.8, 4) is 0 Å². The maximum Gasteiger partial charge on any atom is 0.300 e. The van der Waals surface area contributed by atoms with Crippen LogP contribution in [0.4, 0.5) is 0 Å². The van der Waals surface area contributed by atoms with Gasteiger partial charge in [-0.05, 0) is 13.0 Å². The van der Waals surface area contributed by atoms with Crippen LogP contribution in [0.1, 0.15) is 41.0 Å². The van der Waals surface area contributed by atoms with Crippen LogP contribution in [0.3, 0.4) is 0 Å². The molecule has 0 atom stereocenters. The summed E-state index contributed by atoms with van der Waals surface area (Å²) in [5.74, 6) is -3.33. The molecule has 0 aromatic carbocycles. The molecule has 20 heavy (non-hydrogen) atoms. The second kappa shape index (κ2) is 30.1. The Bertz CT molecular complexity index is 187. The van der Waals surface area contributed by atoms with Crippen LogP contribution < -0.4 is 5.73 Å². The summed E-state index contributed by atoms with van der Waals surface area (Å²) < 4.78 is 0. The third-order valence-corrected chi connectivity index (χ3v) is 0.289. The van der Waals surface area contributed by atoms with E-state index < -0.39 is 23.9 Å².